The van der Waals surface area contributed by atoms with Crippen LogP contribution in [0.3, 0.4) is 0 Å². The number of nitrogens with zero attached hydrogens (tertiary/aromatic N) is 2. The number of rotatable bonds is 4. The van der Waals surface area contributed by atoms with Crippen molar-refractivity contribution in [3.05, 3.63) is 35.4 Å². The molecule has 0 radical (unpaired) electrons. The number of ketones is 1. The van der Waals surface area contributed by atoms with Gasteiger partial charge >= 0.3 is 6.03 Å². The quantitative estimate of drug-likeness (QED) is 0.834. The lowest BCUT2D eigenvalue weighted by Gasteiger charge is -2.18. The van der Waals surface area contributed by atoms with Gasteiger partial charge < -0.3 is 9.80 Å². The minimum absolute atomic E-state index is 0.00718. The van der Waals surface area contributed by atoms with E-state index in [4.69, 9.17) is 0 Å². The Morgan fingerprint density at radius 1 is 1.42 bits per heavy atom. The van der Waals surface area contributed by atoms with Crippen LogP contribution in [0, 0.1) is 6.92 Å². The molecule has 0 aromatic heterocycles. The smallest absolute Gasteiger partial charge is 0.320 e. The van der Waals surface area contributed by atoms with Gasteiger partial charge in [0.25, 0.3) is 0 Å². The highest BCUT2D eigenvalue weighted by atomic mass is 16.2. The zero-order valence-corrected chi connectivity index (χ0v) is 11.7. The van der Waals surface area contributed by atoms with Gasteiger partial charge in [0.1, 0.15) is 5.78 Å². The Morgan fingerprint density at radius 2 is 2.16 bits per heavy atom. The standard InChI is InChI=1S/C15H20N2O2/c1-11-5-4-6-13(9-11)14-10-17(8-7-12(2)18)15(19)16(14)3/h4-6,9,14H,7-8,10H2,1-3H3. The molecule has 0 aliphatic carbocycles. The number of urea groups is 1. The molecule has 1 aromatic rings. The lowest BCUT2D eigenvalue weighted by Crippen LogP contribution is -2.31. The second-order valence-electron chi connectivity index (χ2n) is 5.22. The second-order valence-corrected chi connectivity index (χ2v) is 5.22. The first-order chi connectivity index (χ1) is 8.99. The van der Waals surface area contributed by atoms with Crippen LogP contribution in [-0.2, 0) is 4.79 Å². The van der Waals surface area contributed by atoms with Crippen LogP contribution < -0.4 is 0 Å². The monoisotopic (exact) mass is 260 g/mol. The molecule has 1 unspecified atom stereocenters. The lowest BCUT2D eigenvalue weighted by molar-refractivity contribution is -0.117. The van der Waals surface area contributed by atoms with E-state index in [-0.39, 0.29) is 17.9 Å². The minimum atomic E-state index is 0.00718. The van der Waals surface area contributed by atoms with E-state index in [0.717, 1.165) is 5.56 Å². The van der Waals surface area contributed by atoms with Gasteiger partial charge in [0.05, 0.1) is 6.04 Å². The number of carbonyl (C=O) groups excluding carboxylic acids is 2. The minimum Gasteiger partial charge on any atom is -0.322 e. The van der Waals surface area contributed by atoms with Crippen LogP contribution in [0.25, 0.3) is 0 Å². The first kappa shape index (κ1) is 13.6. The van der Waals surface area contributed by atoms with Gasteiger partial charge in [-0.15, -0.1) is 0 Å². The predicted octanol–water partition coefficient (Wildman–Crippen LogP) is 2.38. The molecule has 2 rings (SSSR count). The second kappa shape index (κ2) is 5.43. The SMILES string of the molecule is CC(=O)CCN1CC(c2cccc(C)c2)N(C)C1=O. The molecule has 0 N–H and O–H groups in total. The molecule has 4 heteroatoms. The summed E-state index contributed by atoms with van der Waals surface area (Å²) in [5, 5.41) is 0. The highest BCUT2D eigenvalue weighted by molar-refractivity contribution is 5.79. The summed E-state index contributed by atoms with van der Waals surface area (Å²) in [6.45, 7) is 4.78. The van der Waals surface area contributed by atoms with Gasteiger partial charge in [0.2, 0.25) is 0 Å². The van der Waals surface area contributed by atoms with Crippen LogP contribution in [0.2, 0.25) is 0 Å². The van der Waals surface area contributed by atoms with Crippen LogP contribution in [0.4, 0.5) is 4.79 Å². The summed E-state index contributed by atoms with van der Waals surface area (Å²) in [6.07, 6.45) is 0.431. The van der Waals surface area contributed by atoms with E-state index < -0.39 is 0 Å². The molecule has 1 saturated heterocycles. The third kappa shape index (κ3) is 2.95. The Kier molecular flexibility index (Phi) is 3.88. The molecule has 0 bridgehead atoms. The summed E-state index contributed by atoms with van der Waals surface area (Å²) in [5.74, 6) is 0.120. The number of Topliss-reactive ketones (excluding diaryl/α,β-unsaturated/α-hetero) is 1. The topological polar surface area (TPSA) is 40.6 Å². The number of benzene rings is 1. The van der Waals surface area contributed by atoms with Gasteiger partial charge in [-0.2, -0.15) is 0 Å². The van der Waals surface area contributed by atoms with Crippen molar-refractivity contribution in [1.29, 1.82) is 0 Å². The lowest BCUT2D eigenvalue weighted by atomic mass is 10.0. The average molecular weight is 260 g/mol. The molecule has 1 atom stereocenters. The fraction of sp³-hybridized carbons (Fsp3) is 0.467. The predicted molar refractivity (Wildman–Crippen MR) is 74.0 cm³/mol. The van der Waals surface area contributed by atoms with Gasteiger partial charge in [-0.05, 0) is 19.4 Å². The van der Waals surface area contributed by atoms with E-state index in [1.165, 1.54) is 5.56 Å². The molecule has 19 heavy (non-hydrogen) atoms. The molecule has 2 amide bonds. The Hall–Kier alpha value is -1.84. The molecule has 102 valence electrons. The number of hydrogen-bond donors (Lipinski definition) is 0. The summed E-state index contributed by atoms with van der Waals surface area (Å²) in [7, 11) is 1.82. The van der Waals surface area contributed by atoms with Gasteiger partial charge in [0, 0.05) is 26.6 Å². The Balaban J connectivity index is 2.12. The van der Waals surface area contributed by atoms with Gasteiger partial charge in [-0.3, -0.25) is 4.79 Å². The normalized spacial score (nSPS) is 19.1. The maximum absolute atomic E-state index is 12.1. The first-order valence-corrected chi connectivity index (χ1v) is 6.57. The number of amides is 2. The van der Waals surface area contributed by atoms with E-state index in [1.807, 2.05) is 26.1 Å². The maximum atomic E-state index is 12.1. The van der Waals surface area contributed by atoms with Gasteiger partial charge in [-0.25, -0.2) is 4.79 Å². The van der Waals surface area contributed by atoms with Crippen molar-refractivity contribution in [1.82, 2.24) is 9.80 Å². The Labute approximate surface area is 114 Å². The maximum Gasteiger partial charge on any atom is 0.320 e. The van der Waals surface area contributed by atoms with Gasteiger partial charge in [-0.1, -0.05) is 29.8 Å². The highest BCUT2D eigenvalue weighted by Crippen LogP contribution is 2.28. The Morgan fingerprint density at radius 3 is 2.79 bits per heavy atom. The van der Waals surface area contributed by atoms with Crippen molar-refractivity contribution >= 4 is 11.8 Å². The first-order valence-electron chi connectivity index (χ1n) is 6.57. The molecule has 4 nitrogen and oxygen atoms in total. The van der Waals surface area contributed by atoms with Crippen LogP contribution >= 0.6 is 0 Å². The fourth-order valence-corrected chi connectivity index (χ4v) is 2.45. The van der Waals surface area contributed by atoms with Crippen molar-refractivity contribution in [2.24, 2.45) is 0 Å². The fourth-order valence-electron chi connectivity index (χ4n) is 2.45. The number of hydrogen-bond acceptors (Lipinski definition) is 2. The number of likely N-dealkylation sites (N-methyl/N-ethyl adjacent to an activating group) is 1. The summed E-state index contributed by atoms with van der Waals surface area (Å²) >= 11 is 0. The molecule has 0 spiro atoms. The molecule has 1 heterocycles. The Bertz CT molecular complexity index is 499. The van der Waals surface area contributed by atoms with Crippen LogP contribution in [-0.4, -0.2) is 41.8 Å². The molecular weight excluding hydrogens is 240 g/mol. The van der Waals surface area contributed by atoms with Crippen molar-refractivity contribution in [2.75, 3.05) is 20.1 Å². The molecular formula is C15H20N2O2. The van der Waals surface area contributed by atoms with Crippen molar-refractivity contribution < 1.29 is 9.59 Å². The van der Waals surface area contributed by atoms with Crippen LogP contribution in [0.5, 0.6) is 0 Å². The van der Waals surface area contributed by atoms with Crippen LogP contribution in [0.15, 0.2) is 24.3 Å². The summed E-state index contributed by atoms with van der Waals surface area (Å²) in [4.78, 5) is 26.7. The van der Waals surface area contributed by atoms with E-state index in [9.17, 15) is 9.59 Å². The van der Waals surface area contributed by atoms with Crippen molar-refractivity contribution in [2.45, 2.75) is 26.3 Å². The molecule has 1 aliphatic rings. The zero-order chi connectivity index (χ0) is 14.0. The van der Waals surface area contributed by atoms with Crippen molar-refractivity contribution in [3.8, 4) is 0 Å². The number of aryl methyl sites for hydroxylation is 1. The van der Waals surface area contributed by atoms with Crippen LogP contribution in [0.1, 0.15) is 30.5 Å². The highest BCUT2D eigenvalue weighted by Gasteiger charge is 2.35. The molecule has 1 aliphatic heterocycles. The van der Waals surface area contributed by atoms with Crippen molar-refractivity contribution in [3.63, 3.8) is 0 Å². The third-order valence-corrected chi connectivity index (χ3v) is 3.59. The summed E-state index contributed by atoms with van der Waals surface area (Å²) < 4.78 is 0. The van der Waals surface area contributed by atoms with E-state index in [0.29, 0.717) is 19.5 Å². The van der Waals surface area contributed by atoms with Gasteiger partial charge in [0.15, 0.2) is 0 Å². The molecule has 1 aromatic carbocycles. The largest absolute Gasteiger partial charge is 0.322 e. The summed E-state index contributed by atoms with van der Waals surface area (Å²) in [6, 6.07) is 8.32. The van der Waals surface area contributed by atoms with E-state index in [2.05, 4.69) is 12.1 Å². The zero-order valence-electron chi connectivity index (χ0n) is 11.7. The number of carbonyl (C=O) groups is 2. The third-order valence-electron chi connectivity index (χ3n) is 3.59. The van der Waals surface area contributed by atoms with E-state index in [1.54, 1.807) is 16.7 Å². The molecule has 1 fully saturated rings. The molecule has 0 saturated carbocycles. The van der Waals surface area contributed by atoms with E-state index >= 15 is 0 Å². The summed E-state index contributed by atoms with van der Waals surface area (Å²) in [5.41, 5.74) is 2.35. The average Bonchev–Trinajstić information content (AvgIpc) is 2.64.